The van der Waals surface area contributed by atoms with Gasteiger partial charge in [0.2, 0.25) is 5.88 Å². The second kappa shape index (κ2) is 10.1. The molecule has 37 heavy (non-hydrogen) atoms. The SMILES string of the molecule is COc1ccc2ncc(F)c(CNCC(O)C(O)[C@H]3CN(c4ccc5c(c4)NC(=O)CO5)C(=O)O3)c2n1. The molecule has 0 radical (unpaired) electrons. The van der Waals surface area contributed by atoms with Gasteiger partial charge in [-0.1, -0.05) is 0 Å². The van der Waals surface area contributed by atoms with E-state index in [9.17, 15) is 24.2 Å². The molecule has 2 aliphatic rings. The molecule has 194 valence electrons. The van der Waals surface area contributed by atoms with Gasteiger partial charge in [-0.05, 0) is 24.3 Å². The van der Waals surface area contributed by atoms with Crippen LogP contribution in [0.1, 0.15) is 5.56 Å². The van der Waals surface area contributed by atoms with Gasteiger partial charge in [0.05, 0.1) is 37.2 Å². The number of carbonyl (C=O) groups excluding carboxylic acids is 2. The van der Waals surface area contributed by atoms with Crippen molar-refractivity contribution in [3.05, 3.63) is 47.9 Å². The predicted octanol–water partition coefficient (Wildman–Crippen LogP) is 0.945. The number of rotatable bonds is 8. The maximum Gasteiger partial charge on any atom is 0.414 e. The first-order valence-electron chi connectivity index (χ1n) is 11.4. The number of hydrogen-bond donors (Lipinski definition) is 4. The summed E-state index contributed by atoms with van der Waals surface area (Å²) in [6.07, 6.45) is -3.39. The smallest absolute Gasteiger partial charge is 0.414 e. The zero-order valence-corrected chi connectivity index (χ0v) is 19.7. The van der Waals surface area contributed by atoms with Crippen molar-refractivity contribution >= 4 is 34.4 Å². The molecule has 2 unspecified atom stereocenters. The minimum Gasteiger partial charge on any atom is -0.482 e. The number of benzene rings is 1. The van der Waals surface area contributed by atoms with Crippen molar-refractivity contribution in [3.63, 3.8) is 0 Å². The summed E-state index contributed by atoms with van der Waals surface area (Å²) in [6, 6.07) is 8.08. The maximum atomic E-state index is 14.5. The van der Waals surface area contributed by atoms with Crippen LogP contribution in [0.25, 0.3) is 11.0 Å². The molecule has 12 nitrogen and oxygen atoms in total. The monoisotopic (exact) mass is 513 g/mol. The minimum absolute atomic E-state index is 0.00566. The number of carbonyl (C=O) groups is 2. The van der Waals surface area contributed by atoms with Crippen LogP contribution in [0.4, 0.5) is 20.6 Å². The highest BCUT2D eigenvalue weighted by molar-refractivity contribution is 5.97. The summed E-state index contributed by atoms with van der Waals surface area (Å²) in [6.45, 7) is -0.246. The second-order valence-electron chi connectivity index (χ2n) is 8.55. The molecule has 3 atom stereocenters. The first kappa shape index (κ1) is 24.6. The van der Waals surface area contributed by atoms with Crippen molar-refractivity contribution in [3.8, 4) is 11.6 Å². The molecule has 2 amide bonds. The third-order valence-corrected chi connectivity index (χ3v) is 6.12. The number of halogens is 1. The second-order valence-corrected chi connectivity index (χ2v) is 8.55. The fraction of sp³-hybridized carbons (Fsp3) is 0.333. The highest BCUT2D eigenvalue weighted by Crippen LogP contribution is 2.34. The van der Waals surface area contributed by atoms with Gasteiger partial charge in [0.1, 0.15) is 23.2 Å². The van der Waals surface area contributed by atoms with E-state index in [-0.39, 0.29) is 37.7 Å². The summed E-state index contributed by atoms with van der Waals surface area (Å²) in [4.78, 5) is 33.6. The quantitative estimate of drug-likeness (QED) is 0.342. The topological polar surface area (TPSA) is 155 Å². The molecule has 3 aromatic rings. The van der Waals surface area contributed by atoms with Gasteiger partial charge < -0.3 is 35.1 Å². The fourth-order valence-electron chi connectivity index (χ4n) is 4.19. The number of methoxy groups -OCH3 is 1. The number of aliphatic hydroxyl groups excluding tert-OH is 2. The number of aromatic nitrogens is 2. The predicted molar refractivity (Wildman–Crippen MR) is 128 cm³/mol. The molecule has 4 N–H and O–H groups in total. The molecule has 5 rings (SSSR count). The van der Waals surface area contributed by atoms with Gasteiger partial charge in [0.25, 0.3) is 5.91 Å². The lowest BCUT2D eigenvalue weighted by Crippen LogP contribution is -2.44. The van der Waals surface area contributed by atoms with Crippen molar-refractivity contribution in [2.75, 3.05) is 37.0 Å². The molecule has 0 spiro atoms. The van der Waals surface area contributed by atoms with Crippen molar-refractivity contribution in [2.24, 2.45) is 0 Å². The van der Waals surface area contributed by atoms with Crippen LogP contribution < -0.4 is 25.0 Å². The number of nitrogens with zero attached hydrogens (tertiary/aromatic N) is 3. The number of anilines is 2. The van der Waals surface area contributed by atoms with E-state index in [1.807, 2.05) is 0 Å². The third kappa shape index (κ3) is 4.96. The third-order valence-electron chi connectivity index (χ3n) is 6.12. The number of nitrogens with one attached hydrogen (secondary N) is 2. The number of pyridine rings is 2. The van der Waals surface area contributed by atoms with Gasteiger partial charge in [0.15, 0.2) is 12.7 Å². The normalized spacial score (nSPS) is 18.6. The number of amides is 2. The Balaban J connectivity index is 1.21. The van der Waals surface area contributed by atoms with Crippen LogP contribution in [0.5, 0.6) is 11.6 Å². The lowest BCUT2D eigenvalue weighted by Gasteiger charge is -2.23. The molecule has 0 bridgehead atoms. The van der Waals surface area contributed by atoms with E-state index >= 15 is 0 Å². The van der Waals surface area contributed by atoms with Crippen molar-refractivity contribution < 1.29 is 38.4 Å². The average Bonchev–Trinajstić information content (AvgIpc) is 3.29. The van der Waals surface area contributed by atoms with E-state index in [1.165, 1.54) is 12.0 Å². The molecule has 13 heteroatoms. The number of ether oxygens (including phenoxy) is 3. The zero-order valence-electron chi connectivity index (χ0n) is 19.7. The number of aliphatic hydroxyl groups is 2. The van der Waals surface area contributed by atoms with Crippen LogP contribution in [-0.4, -0.2) is 77.3 Å². The highest BCUT2D eigenvalue weighted by atomic mass is 19.1. The summed E-state index contributed by atoms with van der Waals surface area (Å²) in [7, 11) is 1.45. The Bertz CT molecular complexity index is 1360. The van der Waals surface area contributed by atoms with Crippen molar-refractivity contribution in [1.29, 1.82) is 0 Å². The number of cyclic esters (lactones) is 1. The number of fused-ring (bicyclic) bond motifs is 2. The van der Waals surface area contributed by atoms with Crippen LogP contribution in [-0.2, 0) is 16.1 Å². The molecule has 0 saturated carbocycles. The van der Waals surface area contributed by atoms with E-state index in [2.05, 4.69) is 20.6 Å². The Morgan fingerprint density at radius 3 is 2.95 bits per heavy atom. The molecule has 1 aromatic carbocycles. The van der Waals surface area contributed by atoms with E-state index in [4.69, 9.17) is 14.2 Å². The summed E-state index contributed by atoms with van der Waals surface area (Å²) < 4.78 is 30.2. The Morgan fingerprint density at radius 2 is 2.14 bits per heavy atom. The lowest BCUT2D eigenvalue weighted by molar-refractivity contribution is -0.118. The van der Waals surface area contributed by atoms with Crippen molar-refractivity contribution in [2.45, 2.75) is 24.9 Å². The van der Waals surface area contributed by atoms with Crippen LogP contribution in [0.2, 0.25) is 0 Å². The standard InChI is InChI=1S/C24H24FN5O7/c1-35-21-5-3-15-22(29-21)13(14(25)8-27-15)7-26-9-17(31)23(33)19-10-30(24(34)37-19)12-2-4-18-16(6-12)28-20(32)11-36-18/h2-6,8,17,19,23,26,31,33H,7,9-11H2,1H3,(H,28,32)/t17?,19-,23?/m1/s1. The zero-order chi connectivity index (χ0) is 26.1. The Hall–Kier alpha value is -4.07. The molecule has 2 aromatic heterocycles. The van der Waals surface area contributed by atoms with Gasteiger partial charge in [-0.2, -0.15) is 0 Å². The van der Waals surface area contributed by atoms with Crippen LogP contribution in [0.3, 0.4) is 0 Å². The summed E-state index contributed by atoms with van der Waals surface area (Å²) in [5.74, 6) is -0.117. The van der Waals surface area contributed by atoms with E-state index in [0.717, 1.165) is 6.20 Å². The van der Waals surface area contributed by atoms with E-state index < -0.39 is 30.2 Å². The molecule has 4 heterocycles. The summed E-state index contributed by atoms with van der Waals surface area (Å²) in [5, 5.41) is 26.7. The fourth-order valence-corrected chi connectivity index (χ4v) is 4.19. The summed E-state index contributed by atoms with van der Waals surface area (Å²) >= 11 is 0. The summed E-state index contributed by atoms with van der Waals surface area (Å²) in [5.41, 5.74) is 1.87. The van der Waals surface area contributed by atoms with Crippen LogP contribution in [0, 0.1) is 5.82 Å². The Kier molecular flexibility index (Phi) is 6.74. The van der Waals surface area contributed by atoms with Gasteiger partial charge in [0, 0.05) is 30.4 Å². The molecular weight excluding hydrogens is 489 g/mol. The Morgan fingerprint density at radius 1 is 1.30 bits per heavy atom. The Labute approximate surface area is 210 Å². The van der Waals surface area contributed by atoms with E-state index in [0.29, 0.717) is 34.0 Å². The largest absolute Gasteiger partial charge is 0.482 e. The maximum absolute atomic E-state index is 14.5. The van der Waals surface area contributed by atoms with E-state index in [1.54, 1.807) is 30.3 Å². The van der Waals surface area contributed by atoms with Gasteiger partial charge in [-0.25, -0.2) is 14.2 Å². The first-order chi connectivity index (χ1) is 17.8. The molecular formula is C24H24FN5O7. The van der Waals surface area contributed by atoms with Crippen LogP contribution >= 0.6 is 0 Å². The highest BCUT2D eigenvalue weighted by Gasteiger charge is 2.40. The van der Waals surface area contributed by atoms with Gasteiger partial charge in [-0.3, -0.25) is 14.7 Å². The molecule has 1 saturated heterocycles. The van der Waals surface area contributed by atoms with Crippen LogP contribution in [0.15, 0.2) is 36.5 Å². The lowest BCUT2D eigenvalue weighted by atomic mass is 10.1. The van der Waals surface area contributed by atoms with Gasteiger partial charge in [-0.15, -0.1) is 0 Å². The molecule has 1 fully saturated rings. The molecule has 0 aliphatic carbocycles. The first-order valence-corrected chi connectivity index (χ1v) is 11.4. The molecule has 2 aliphatic heterocycles. The van der Waals surface area contributed by atoms with Crippen molar-refractivity contribution in [1.82, 2.24) is 15.3 Å². The number of hydrogen-bond acceptors (Lipinski definition) is 10. The minimum atomic E-state index is -1.42. The average molecular weight is 513 g/mol. The van der Waals surface area contributed by atoms with Gasteiger partial charge >= 0.3 is 6.09 Å².